The van der Waals surface area contributed by atoms with E-state index in [4.69, 9.17) is 0 Å². The molecule has 0 aliphatic rings. The van der Waals surface area contributed by atoms with E-state index in [2.05, 4.69) is 4.72 Å². The van der Waals surface area contributed by atoms with Crippen LogP contribution >= 0.6 is 0 Å². The second-order valence-corrected chi connectivity index (χ2v) is 7.87. The van der Waals surface area contributed by atoms with Gasteiger partial charge in [-0.1, -0.05) is 18.2 Å². The van der Waals surface area contributed by atoms with E-state index in [1.165, 1.54) is 0 Å². The molecule has 3 rings (SSSR count). The second kappa shape index (κ2) is 6.99. The van der Waals surface area contributed by atoms with E-state index in [-0.39, 0.29) is 11.4 Å². The molecular formula is C18H17F3N2O3S. The summed E-state index contributed by atoms with van der Waals surface area (Å²) in [4.78, 5) is -0.305. The maximum atomic E-state index is 12.6. The van der Waals surface area contributed by atoms with Gasteiger partial charge in [0.2, 0.25) is 10.0 Å². The number of rotatable bonds is 5. The molecule has 0 spiro atoms. The quantitative estimate of drug-likeness (QED) is 0.693. The van der Waals surface area contributed by atoms with Gasteiger partial charge in [0.1, 0.15) is 0 Å². The minimum atomic E-state index is -4.54. The molecule has 0 radical (unpaired) electrons. The lowest BCUT2D eigenvalue weighted by atomic mass is 10.1. The van der Waals surface area contributed by atoms with E-state index in [0.29, 0.717) is 17.7 Å². The molecule has 1 atom stereocenters. The van der Waals surface area contributed by atoms with E-state index < -0.39 is 27.9 Å². The highest BCUT2D eigenvalue weighted by Crippen LogP contribution is 2.30. The molecule has 2 aromatic carbocycles. The van der Waals surface area contributed by atoms with Gasteiger partial charge in [-0.3, -0.25) is 0 Å². The van der Waals surface area contributed by atoms with E-state index in [0.717, 1.165) is 23.0 Å². The van der Waals surface area contributed by atoms with Crippen LogP contribution in [-0.4, -0.2) is 24.6 Å². The summed E-state index contributed by atoms with van der Waals surface area (Å²) in [7, 11) is -2.25. The second-order valence-electron chi connectivity index (χ2n) is 6.10. The standard InChI is InChI=1S/C18H17F3N2O3S/c1-23-11-15(14-4-2-3-5-16(14)23)17(24)10-22-27(25,26)13-8-6-12(7-9-13)18(19,20)21/h2-9,11,17,22,24H,10H2,1H3. The molecular weight excluding hydrogens is 381 g/mol. The maximum Gasteiger partial charge on any atom is 0.416 e. The highest BCUT2D eigenvalue weighted by molar-refractivity contribution is 7.89. The van der Waals surface area contributed by atoms with Gasteiger partial charge in [0.05, 0.1) is 16.6 Å². The molecule has 3 aromatic rings. The maximum absolute atomic E-state index is 12.6. The number of sulfonamides is 1. The Bertz CT molecular complexity index is 1060. The van der Waals surface area contributed by atoms with Crippen molar-refractivity contribution in [2.75, 3.05) is 6.54 Å². The summed E-state index contributed by atoms with van der Waals surface area (Å²) in [5, 5.41) is 11.2. The number of aliphatic hydroxyl groups excluding tert-OH is 1. The average molecular weight is 398 g/mol. The lowest BCUT2D eigenvalue weighted by molar-refractivity contribution is -0.137. The number of aliphatic hydroxyl groups is 1. The van der Waals surface area contributed by atoms with Crippen LogP contribution in [0.25, 0.3) is 10.9 Å². The van der Waals surface area contributed by atoms with Crippen LogP contribution in [0.3, 0.4) is 0 Å². The molecule has 0 aliphatic carbocycles. The van der Waals surface area contributed by atoms with E-state index in [1.54, 1.807) is 6.20 Å². The van der Waals surface area contributed by atoms with E-state index >= 15 is 0 Å². The lowest BCUT2D eigenvalue weighted by Gasteiger charge is -2.13. The molecule has 0 saturated carbocycles. The number of halogens is 3. The van der Waals surface area contributed by atoms with Crippen molar-refractivity contribution in [3.8, 4) is 0 Å². The summed E-state index contributed by atoms with van der Waals surface area (Å²) in [6.45, 7) is -0.308. The number of hydrogen-bond donors (Lipinski definition) is 2. The van der Waals surface area contributed by atoms with Gasteiger partial charge >= 0.3 is 6.18 Å². The third-order valence-corrected chi connectivity index (χ3v) is 5.68. The Hall–Kier alpha value is -2.36. The third kappa shape index (κ3) is 4.00. The van der Waals surface area contributed by atoms with Gasteiger partial charge in [0.15, 0.2) is 0 Å². The molecule has 0 amide bonds. The molecule has 144 valence electrons. The summed E-state index contributed by atoms with van der Waals surface area (Å²) < 4.78 is 66.4. The molecule has 1 heterocycles. The Morgan fingerprint density at radius 2 is 1.74 bits per heavy atom. The molecule has 0 bridgehead atoms. The number of aryl methyl sites for hydroxylation is 1. The number of fused-ring (bicyclic) bond motifs is 1. The van der Waals surface area contributed by atoms with Gasteiger partial charge in [-0.25, -0.2) is 13.1 Å². The van der Waals surface area contributed by atoms with Gasteiger partial charge in [-0.05, 0) is 30.3 Å². The summed E-state index contributed by atoms with van der Waals surface area (Å²) in [5.41, 5.74) is 0.512. The minimum Gasteiger partial charge on any atom is -0.387 e. The molecule has 5 nitrogen and oxygen atoms in total. The summed E-state index contributed by atoms with van der Waals surface area (Å²) in [6.07, 6.45) is -3.94. The largest absolute Gasteiger partial charge is 0.416 e. The first-order chi connectivity index (χ1) is 12.6. The van der Waals surface area contributed by atoms with Crippen molar-refractivity contribution in [2.24, 2.45) is 7.05 Å². The van der Waals surface area contributed by atoms with Crippen LogP contribution in [0, 0.1) is 0 Å². The molecule has 1 aromatic heterocycles. The molecule has 2 N–H and O–H groups in total. The Labute approximate surface area is 154 Å². The zero-order chi connectivity index (χ0) is 19.8. The van der Waals surface area contributed by atoms with Crippen molar-refractivity contribution in [3.05, 3.63) is 65.9 Å². The Morgan fingerprint density at radius 3 is 2.37 bits per heavy atom. The Balaban J connectivity index is 1.76. The SMILES string of the molecule is Cn1cc(C(O)CNS(=O)(=O)c2ccc(C(F)(F)F)cc2)c2ccccc21. The normalized spacial score (nSPS) is 13.8. The number of benzene rings is 2. The summed E-state index contributed by atoms with van der Waals surface area (Å²) in [6, 6.07) is 10.5. The first-order valence-electron chi connectivity index (χ1n) is 7.98. The number of aromatic nitrogens is 1. The van der Waals surface area contributed by atoms with Gasteiger partial charge in [-0.15, -0.1) is 0 Å². The van der Waals surface area contributed by atoms with Crippen LogP contribution in [0.1, 0.15) is 17.2 Å². The highest BCUT2D eigenvalue weighted by atomic mass is 32.2. The number of hydrogen-bond acceptors (Lipinski definition) is 3. The molecule has 0 fully saturated rings. The van der Waals surface area contributed by atoms with Gasteiger partial charge in [-0.2, -0.15) is 13.2 Å². The molecule has 0 saturated heterocycles. The number of alkyl halides is 3. The van der Waals surface area contributed by atoms with Crippen molar-refractivity contribution in [1.82, 2.24) is 9.29 Å². The Kier molecular flexibility index (Phi) is 5.02. The number of nitrogens with zero attached hydrogens (tertiary/aromatic N) is 1. The molecule has 27 heavy (non-hydrogen) atoms. The van der Waals surface area contributed by atoms with Crippen LogP contribution in [0.15, 0.2) is 59.6 Å². The average Bonchev–Trinajstić information content (AvgIpc) is 2.96. The van der Waals surface area contributed by atoms with Crippen molar-refractivity contribution in [1.29, 1.82) is 0 Å². The fraction of sp³-hybridized carbons (Fsp3) is 0.222. The van der Waals surface area contributed by atoms with Crippen LogP contribution < -0.4 is 4.72 Å². The highest BCUT2D eigenvalue weighted by Gasteiger charge is 2.30. The molecule has 0 aliphatic heterocycles. The van der Waals surface area contributed by atoms with Crippen molar-refractivity contribution >= 4 is 20.9 Å². The first kappa shape index (κ1) is 19.4. The van der Waals surface area contributed by atoms with Gasteiger partial charge in [0, 0.05) is 36.3 Å². The topological polar surface area (TPSA) is 71.3 Å². The third-order valence-electron chi connectivity index (χ3n) is 4.25. The van der Waals surface area contributed by atoms with Gasteiger partial charge in [0.25, 0.3) is 0 Å². The van der Waals surface area contributed by atoms with E-state index in [9.17, 15) is 26.7 Å². The molecule has 9 heteroatoms. The van der Waals surface area contributed by atoms with Crippen LogP contribution in [0.4, 0.5) is 13.2 Å². The lowest BCUT2D eigenvalue weighted by Crippen LogP contribution is -2.28. The molecule has 1 unspecified atom stereocenters. The van der Waals surface area contributed by atoms with Crippen LogP contribution in [0.2, 0.25) is 0 Å². The van der Waals surface area contributed by atoms with Crippen LogP contribution in [0.5, 0.6) is 0 Å². The van der Waals surface area contributed by atoms with Crippen molar-refractivity contribution < 1.29 is 26.7 Å². The number of para-hydroxylation sites is 1. The summed E-state index contributed by atoms with van der Waals surface area (Å²) >= 11 is 0. The number of nitrogens with one attached hydrogen (secondary N) is 1. The fourth-order valence-corrected chi connectivity index (χ4v) is 3.88. The van der Waals surface area contributed by atoms with Gasteiger partial charge < -0.3 is 9.67 Å². The predicted octanol–water partition coefficient (Wildman–Crippen LogP) is 3.21. The smallest absolute Gasteiger partial charge is 0.387 e. The zero-order valence-corrected chi connectivity index (χ0v) is 15.1. The monoisotopic (exact) mass is 398 g/mol. The minimum absolute atomic E-state index is 0.305. The zero-order valence-electron chi connectivity index (χ0n) is 14.2. The Morgan fingerprint density at radius 1 is 1.11 bits per heavy atom. The van der Waals surface area contributed by atoms with Crippen molar-refractivity contribution in [3.63, 3.8) is 0 Å². The van der Waals surface area contributed by atoms with Crippen LogP contribution in [-0.2, 0) is 23.2 Å². The predicted molar refractivity (Wildman–Crippen MR) is 94.5 cm³/mol. The van der Waals surface area contributed by atoms with E-state index in [1.807, 2.05) is 35.9 Å². The fourth-order valence-electron chi connectivity index (χ4n) is 2.84. The first-order valence-corrected chi connectivity index (χ1v) is 9.47. The summed E-state index contributed by atoms with van der Waals surface area (Å²) in [5.74, 6) is 0. The van der Waals surface area contributed by atoms with Crippen molar-refractivity contribution in [2.45, 2.75) is 17.2 Å².